The van der Waals surface area contributed by atoms with E-state index in [1.165, 1.54) is 27.3 Å². The van der Waals surface area contributed by atoms with Crippen LogP contribution in [0.15, 0.2) is 158 Å². The molecular weight excluding hydrogens is 560 g/mol. The highest BCUT2D eigenvalue weighted by molar-refractivity contribution is 6.17. The fourth-order valence-corrected chi connectivity index (χ4v) is 6.50. The summed E-state index contributed by atoms with van der Waals surface area (Å²) in [5.74, 6) is 0. The van der Waals surface area contributed by atoms with E-state index in [1.807, 2.05) is 36.4 Å². The summed E-state index contributed by atoms with van der Waals surface area (Å²) in [4.78, 5) is 19.5. The lowest BCUT2D eigenvalue weighted by Crippen LogP contribution is -1.95. The van der Waals surface area contributed by atoms with E-state index < -0.39 is 0 Å². The van der Waals surface area contributed by atoms with E-state index in [0.717, 1.165) is 61.1 Å². The average Bonchev–Trinajstić information content (AvgIpc) is 3.14. The molecule has 214 valence electrons. The summed E-state index contributed by atoms with van der Waals surface area (Å²) in [6, 6.07) is 50.8. The number of benzene rings is 5. The Labute approximate surface area is 265 Å². The number of pyridine rings is 4. The van der Waals surface area contributed by atoms with Gasteiger partial charge in [0.05, 0.1) is 33.8 Å². The molecule has 0 unspecified atom stereocenters. The van der Waals surface area contributed by atoms with Gasteiger partial charge < -0.3 is 0 Å². The van der Waals surface area contributed by atoms with Crippen LogP contribution in [0.2, 0.25) is 0 Å². The zero-order valence-electron chi connectivity index (χ0n) is 24.8. The third-order valence-electron chi connectivity index (χ3n) is 8.72. The van der Waals surface area contributed by atoms with Gasteiger partial charge in [0.1, 0.15) is 0 Å². The number of hydrogen-bond donors (Lipinski definition) is 0. The minimum Gasteiger partial charge on any atom is -0.255 e. The summed E-state index contributed by atoms with van der Waals surface area (Å²) in [5, 5.41) is 7.03. The first-order valence-electron chi connectivity index (χ1n) is 15.4. The summed E-state index contributed by atoms with van der Waals surface area (Å²) >= 11 is 0. The third-order valence-corrected chi connectivity index (χ3v) is 8.72. The van der Waals surface area contributed by atoms with Crippen molar-refractivity contribution in [2.45, 2.75) is 0 Å². The molecule has 0 radical (unpaired) electrons. The maximum atomic E-state index is 5.36. The van der Waals surface area contributed by atoms with Crippen molar-refractivity contribution < 1.29 is 0 Å². The molecule has 9 rings (SSSR count). The minimum absolute atomic E-state index is 0.799. The van der Waals surface area contributed by atoms with Gasteiger partial charge in [0.15, 0.2) is 0 Å². The second-order valence-corrected chi connectivity index (χ2v) is 11.5. The fraction of sp³-hybridized carbons (Fsp3) is 0. The van der Waals surface area contributed by atoms with Crippen molar-refractivity contribution in [2.75, 3.05) is 0 Å². The van der Waals surface area contributed by atoms with Gasteiger partial charge in [-0.15, -0.1) is 0 Å². The first kappa shape index (κ1) is 26.2. The predicted octanol–water partition coefficient (Wildman–Crippen LogP) is 10.5. The zero-order valence-corrected chi connectivity index (χ0v) is 24.8. The van der Waals surface area contributed by atoms with Crippen LogP contribution in [0.1, 0.15) is 0 Å². The predicted molar refractivity (Wildman–Crippen MR) is 189 cm³/mol. The standard InChI is InChI=1S/C42H26N4/c1-2-11-29-23-31(16-15-27(29)9-1)41-34-19-18-30(24-38(34)46-42-33-12-4-3-10-28(33)17-20-35(41)42)32-25-39(36-13-5-7-21-43-36)45-40(26-32)37-14-6-8-22-44-37/h1-26H. The maximum absolute atomic E-state index is 5.36. The zero-order chi connectivity index (χ0) is 30.5. The number of nitrogens with zero attached hydrogens (tertiary/aromatic N) is 4. The minimum atomic E-state index is 0.799. The summed E-state index contributed by atoms with van der Waals surface area (Å²) in [6.07, 6.45) is 3.60. The summed E-state index contributed by atoms with van der Waals surface area (Å²) in [5.41, 5.74) is 9.64. The number of aromatic nitrogens is 4. The first-order valence-corrected chi connectivity index (χ1v) is 15.4. The van der Waals surface area contributed by atoms with Gasteiger partial charge in [-0.05, 0) is 81.4 Å². The molecule has 0 saturated heterocycles. The molecule has 0 fully saturated rings. The van der Waals surface area contributed by atoms with Crippen LogP contribution in [0.3, 0.4) is 0 Å². The van der Waals surface area contributed by atoms with Crippen molar-refractivity contribution in [3.8, 4) is 45.0 Å². The van der Waals surface area contributed by atoms with Crippen LogP contribution >= 0.6 is 0 Å². The Morgan fingerprint density at radius 1 is 0.348 bits per heavy atom. The molecule has 4 nitrogen and oxygen atoms in total. The summed E-state index contributed by atoms with van der Waals surface area (Å²) in [6.45, 7) is 0. The van der Waals surface area contributed by atoms with E-state index in [4.69, 9.17) is 9.97 Å². The number of rotatable bonds is 4. The second kappa shape index (κ2) is 10.7. The van der Waals surface area contributed by atoms with Crippen LogP contribution in [0.4, 0.5) is 0 Å². The first-order chi connectivity index (χ1) is 22.8. The molecule has 0 atom stereocenters. The SMILES string of the molecule is c1ccc(-c2cc(-c3ccc4c(-c5ccc6ccccc6c5)c5ccc6ccccc6c5nc4c3)cc(-c3ccccn3)n2)nc1. The quantitative estimate of drug-likeness (QED) is 0.152. The van der Waals surface area contributed by atoms with Gasteiger partial charge in [0.25, 0.3) is 0 Å². The maximum Gasteiger partial charge on any atom is 0.0900 e. The van der Waals surface area contributed by atoms with Crippen molar-refractivity contribution in [1.82, 2.24) is 19.9 Å². The molecule has 0 spiro atoms. The molecule has 0 aliphatic rings. The Morgan fingerprint density at radius 3 is 1.72 bits per heavy atom. The van der Waals surface area contributed by atoms with E-state index in [2.05, 4.69) is 119 Å². The monoisotopic (exact) mass is 586 g/mol. The van der Waals surface area contributed by atoms with E-state index >= 15 is 0 Å². The van der Waals surface area contributed by atoms with Crippen LogP contribution in [-0.2, 0) is 0 Å². The molecule has 0 N–H and O–H groups in total. The highest BCUT2D eigenvalue weighted by Crippen LogP contribution is 2.40. The Balaban J connectivity index is 1.31. The van der Waals surface area contributed by atoms with Crippen LogP contribution in [0.5, 0.6) is 0 Å². The second-order valence-electron chi connectivity index (χ2n) is 11.5. The molecule has 9 aromatic rings. The van der Waals surface area contributed by atoms with Crippen molar-refractivity contribution >= 4 is 43.4 Å². The van der Waals surface area contributed by atoms with Crippen LogP contribution in [0, 0.1) is 0 Å². The molecule has 5 aromatic carbocycles. The number of hydrogen-bond acceptors (Lipinski definition) is 4. The van der Waals surface area contributed by atoms with E-state index in [1.54, 1.807) is 12.4 Å². The lowest BCUT2D eigenvalue weighted by atomic mass is 9.91. The normalized spacial score (nSPS) is 11.5. The molecular formula is C42H26N4. The van der Waals surface area contributed by atoms with Crippen molar-refractivity contribution in [2.24, 2.45) is 0 Å². The van der Waals surface area contributed by atoms with Crippen LogP contribution in [0.25, 0.3) is 88.4 Å². The third kappa shape index (κ3) is 4.47. The van der Waals surface area contributed by atoms with Gasteiger partial charge in [-0.2, -0.15) is 0 Å². The van der Waals surface area contributed by atoms with Gasteiger partial charge in [-0.1, -0.05) is 97.1 Å². The van der Waals surface area contributed by atoms with Crippen molar-refractivity contribution in [1.29, 1.82) is 0 Å². The molecule has 4 aromatic heterocycles. The number of fused-ring (bicyclic) bond motifs is 5. The Kier molecular flexibility index (Phi) is 6.10. The molecule has 46 heavy (non-hydrogen) atoms. The van der Waals surface area contributed by atoms with Gasteiger partial charge in [0, 0.05) is 34.1 Å². The largest absolute Gasteiger partial charge is 0.255 e. The summed E-state index contributed by atoms with van der Waals surface area (Å²) < 4.78 is 0. The van der Waals surface area contributed by atoms with Gasteiger partial charge in [-0.25, -0.2) is 9.97 Å². The van der Waals surface area contributed by atoms with Crippen LogP contribution < -0.4 is 0 Å². The molecule has 0 aliphatic heterocycles. The topological polar surface area (TPSA) is 51.6 Å². The van der Waals surface area contributed by atoms with E-state index in [-0.39, 0.29) is 0 Å². The molecule has 0 saturated carbocycles. The lowest BCUT2D eigenvalue weighted by molar-refractivity contribution is 1.22. The van der Waals surface area contributed by atoms with Crippen LogP contribution in [-0.4, -0.2) is 19.9 Å². The Bertz CT molecular complexity index is 2520. The molecule has 0 amide bonds. The summed E-state index contributed by atoms with van der Waals surface area (Å²) in [7, 11) is 0. The van der Waals surface area contributed by atoms with Crippen molar-refractivity contribution in [3.05, 3.63) is 158 Å². The van der Waals surface area contributed by atoms with Gasteiger partial charge in [-0.3, -0.25) is 9.97 Å². The highest BCUT2D eigenvalue weighted by Gasteiger charge is 2.16. The van der Waals surface area contributed by atoms with Gasteiger partial charge >= 0.3 is 0 Å². The van der Waals surface area contributed by atoms with Gasteiger partial charge in [0.2, 0.25) is 0 Å². The molecule has 0 bridgehead atoms. The Morgan fingerprint density at radius 2 is 0.978 bits per heavy atom. The Hall–Kier alpha value is -6.26. The fourth-order valence-electron chi connectivity index (χ4n) is 6.50. The average molecular weight is 587 g/mol. The van der Waals surface area contributed by atoms with E-state index in [9.17, 15) is 0 Å². The highest BCUT2D eigenvalue weighted by atomic mass is 14.8. The smallest absolute Gasteiger partial charge is 0.0900 e. The molecule has 4 heteroatoms. The van der Waals surface area contributed by atoms with E-state index in [0.29, 0.717) is 0 Å². The molecule has 4 heterocycles. The lowest BCUT2D eigenvalue weighted by Gasteiger charge is -2.15. The van der Waals surface area contributed by atoms with Crippen molar-refractivity contribution in [3.63, 3.8) is 0 Å². The molecule has 0 aliphatic carbocycles.